The molecule has 37 heavy (non-hydrogen) atoms. The van der Waals surface area contributed by atoms with Crippen LogP contribution in [0.15, 0.2) is 48.0 Å². The molecule has 1 aliphatic rings. The van der Waals surface area contributed by atoms with Crippen molar-refractivity contribution in [2.45, 2.75) is 85.3 Å². The molecule has 0 spiro atoms. The van der Waals surface area contributed by atoms with Gasteiger partial charge in [0, 0.05) is 17.7 Å². The fourth-order valence-electron chi connectivity index (χ4n) is 4.72. The molecule has 2 aromatic carbocycles. The van der Waals surface area contributed by atoms with Crippen molar-refractivity contribution >= 4 is 17.4 Å². The number of carbonyl (C=O) groups excluding carboxylic acids is 2. The smallest absolute Gasteiger partial charge is 0.295 e. The van der Waals surface area contributed by atoms with Gasteiger partial charge in [-0.1, -0.05) is 52.7 Å². The molecule has 0 saturated carbocycles. The molecule has 1 fully saturated rings. The zero-order chi connectivity index (χ0) is 27.3. The molecular formula is C31H41NO5. The predicted molar refractivity (Wildman–Crippen MR) is 147 cm³/mol. The Morgan fingerprint density at radius 3 is 2.41 bits per heavy atom. The average Bonchev–Trinajstić information content (AvgIpc) is 3.08. The molecule has 0 bridgehead atoms. The lowest BCUT2D eigenvalue weighted by atomic mass is 9.84. The summed E-state index contributed by atoms with van der Waals surface area (Å²) in [5.41, 5.74) is 1.98. The molecule has 200 valence electrons. The number of carbonyl (C=O) groups is 2. The van der Waals surface area contributed by atoms with Crippen molar-refractivity contribution in [1.29, 1.82) is 0 Å². The van der Waals surface area contributed by atoms with E-state index in [9.17, 15) is 14.7 Å². The lowest BCUT2D eigenvalue weighted by molar-refractivity contribution is -0.139. The molecule has 1 heterocycles. The fourth-order valence-corrected chi connectivity index (χ4v) is 4.72. The van der Waals surface area contributed by atoms with Crippen molar-refractivity contribution < 1.29 is 24.2 Å². The van der Waals surface area contributed by atoms with E-state index in [-0.39, 0.29) is 22.9 Å². The topological polar surface area (TPSA) is 76.1 Å². The summed E-state index contributed by atoms with van der Waals surface area (Å²) in [6, 6.07) is 12.2. The molecule has 1 unspecified atom stereocenters. The molecule has 6 nitrogen and oxygen atoms in total. The summed E-state index contributed by atoms with van der Waals surface area (Å²) in [6.07, 6.45) is 2.69. The second kappa shape index (κ2) is 11.8. The molecule has 0 radical (unpaired) electrons. The van der Waals surface area contributed by atoms with Crippen LogP contribution >= 0.6 is 0 Å². The molecule has 6 heteroatoms. The van der Waals surface area contributed by atoms with Crippen molar-refractivity contribution in [1.82, 2.24) is 4.90 Å². The van der Waals surface area contributed by atoms with Crippen LogP contribution < -0.4 is 9.47 Å². The van der Waals surface area contributed by atoms with Gasteiger partial charge in [0.15, 0.2) is 0 Å². The summed E-state index contributed by atoms with van der Waals surface area (Å²) >= 11 is 0. The Balaban J connectivity index is 2.19. The van der Waals surface area contributed by atoms with Gasteiger partial charge in [-0.15, -0.1) is 0 Å². The van der Waals surface area contributed by atoms with Crippen molar-refractivity contribution in [3.63, 3.8) is 0 Å². The molecule has 1 aliphatic heterocycles. The molecule has 1 atom stereocenters. The third-order valence-corrected chi connectivity index (χ3v) is 6.45. The van der Waals surface area contributed by atoms with Crippen LogP contribution in [0.5, 0.6) is 11.5 Å². The number of rotatable bonds is 10. The van der Waals surface area contributed by atoms with Crippen LogP contribution in [0.2, 0.25) is 0 Å². The number of amides is 1. The first kappa shape index (κ1) is 28.3. The number of ether oxygens (including phenoxy) is 2. The molecule has 1 N–H and O–H groups in total. The fraction of sp³-hybridized carbons (Fsp3) is 0.484. The number of aliphatic hydroxyl groups is 1. The Morgan fingerprint density at radius 2 is 1.78 bits per heavy atom. The monoisotopic (exact) mass is 507 g/mol. The summed E-state index contributed by atoms with van der Waals surface area (Å²) in [4.78, 5) is 28.2. The number of ketones is 1. The number of likely N-dealkylation sites (tertiary alicyclic amines) is 1. The summed E-state index contributed by atoms with van der Waals surface area (Å²) in [6.45, 7) is 15.1. The first-order chi connectivity index (χ1) is 17.5. The summed E-state index contributed by atoms with van der Waals surface area (Å²) in [5, 5.41) is 11.6. The third-order valence-electron chi connectivity index (χ3n) is 6.45. The normalized spacial score (nSPS) is 17.5. The van der Waals surface area contributed by atoms with E-state index in [1.165, 1.54) is 0 Å². The SMILES string of the molecule is CCCCCN1C(=O)C(=O)/C(=C(/O)c2ccc(OCC)c(C(C)(C)C)c2)C1c1cccc(OC(C)C)c1. The highest BCUT2D eigenvalue weighted by Gasteiger charge is 2.46. The van der Waals surface area contributed by atoms with Gasteiger partial charge in [0.1, 0.15) is 17.3 Å². The lowest BCUT2D eigenvalue weighted by Crippen LogP contribution is -2.30. The maximum absolute atomic E-state index is 13.4. The van der Waals surface area contributed by atoms with Crippen molar-refractivity contribution in [2.24, 2.45) is 0 Å². The van der Waals surface area contributed by atoms with Gasteiger partial charge in [0.05, 0.1) is 24.3 Å². The van der Waals surface area contributed by atoms with Crippen LogP contribution in [0.1, 0.15) is 90.5 Å². The molecule has 0 aromatic heterocycles. The molecule has 1 amide bonds. The van der Waals surface area contributed by atoms with Crippen molar-refractivity contribution in [3.8, 4) is 11.5 Å². The number of hydrogen-bond donors (Lipinski definition) is 1. The quantitative estimate of drug-likeness (QED) is 0.166. The van der Waals surface area contributed by atoms with Gasteiger partial charge in [-0.25, -0.2) is 0 Å². The first-order valence-corrected chi connectivity index (χ1v) is 13.3. The molecule has 3 rings (SSSR count). The zero-order valence-corrected chi connectivity index (χ0v) is 23.3. The van der Waals surface area contributed by atoms with Crippen LogP contribution in [-0.2, 0) is 15.0 Å². The minimum atomic E-state index is -0.697. The molecular weight excluding hydrogens is 466 g/mol. The van der Waals surface area contributed by atoms with Gasteiger partial charge in [0.25, 0.3) is 11.7 Å². The van der Waals surface area contributed by atoms with E-state index in [4.69, 9.17) is 9.47 Å². The van der Waals surface area contributed by atoms with E-state index in [1.807, 2.05) is 57.2 Å². The maximum atomic E-state index is 13.4. The van der Waals surface area contributed by atoms with Crippen molar-refractivity contribution in [2.75, 3.05) is 13.2 Å². The van der Waals surface area contributed by atoms with E-state index in [0.717, 1.165) is 36.1 Å². The highest BCUT2D eigenvalue weighted by atomic mass is 16.5. The molecule has 0 aliphatic carbocycles. The zero-order valence-electron chi connectivity index (χ0n) is 23.3. The summed E-state index contributed by atoms with van der Waals surface area (Å²) in [5.74, 6) is -0.0327. The van der Waals surface area contributed by atoms with Crippen LogP contribution in [0.4, 0.5) is 0 Å². The minimum absolute atomic E-state index is 0.0224. The average molecular weight is 508 g/mol. The highest BCUT2D eigenvalue weighted by molar-refractivity contribution is 6.46. The predicted octanol–water partition coefficient (Wildman–Crippen LogP) is 6.78. The maximum Gasteiger partial charge on any atom is 0.295 e. The van der Waals surface area contributed by atoms with E-state index in [2.05, 4.69) is 27.7 Å². The van der Waals surface area contributed by atoms with Gasteiger partial charge >= 0.3 is 0 Å². The van der Waals surface area contributed by atoms with Gasteiger partial charge < -0.3 is 19.5 Å². The van der Waals surface area contributed by atoms with Crippen LogP contribution in [0, 0.1) is 0 Å². The Morgan fingerprint density at radius 1 is 1.05 bits per heavy atom. The highest BCUT2D eigenvalue weighted by Crippen LogP contribution is 2.42. The standard InChI is InChI=1S/C31H41NO5/c1-8-10-11-17-32-27(21-13-12-14-23(18-21)37-20(3)4)26(29(34)30(32)35)28(33)22-15-16-25(36-9-2)24(19-22)31(5,6)7/h12-16,18-20,27,33H,8-11,17H2,1-7H3/b28-26+. The van der Waals surface area contributed by atoms with Gasteiger partial charge in [0.2, 0.25) is 0 Å². The lowest BCUT2D eigenvalue weighted by Gasteiger charge is -2.26. The second-order valence-corrected chi connectivity index (χ2v) is 10.8. The Kier molecular flexibility index (Phi) is 9.06. The van der Waals surface area contributed by atoms with Gasteiger partial charge in [-0.3, -0.25) is 9.59 Å². The van der Waals surface area contributed by atoms with E-state index in [0.29, 0.717) is 24.5 Å². The number of aliphatic hydroxyl groups excluding tert-OH is 1. The first-order valence-electron chi connectivity index (χ1n) is 13.3. The van der Waals surface area contributed by atoms with E-state index < -0.39 is 17.7 Å². The second-order valence-electron chi connectivity index (χ2n) is 10.8. The van der Waals surface area contributed by atoms with Crippen LogP contribution in [0.3, 0.4) is 0 Å². The number of benzene rings is 2. The minimum Gasteiger partial charge on any atom is -0.507 e. The number of Topliss-reactive ketones (excluding diaryl/α,β-unsaturated/α-hetero) is 1. The largest absolute Gasteiger partial charge is 0.507 e. The third kappa shape index (κ3) is 6.35. The Labute approximate surface area is 221 Å². The van der Waals surface area contributed by atoms with Crippen LogP contribution in [-0.4, -0.2) is 41.0 Å². The van der Waals surface area contributed by atoms with Crippen LogP contribution in [0.25, 0.3) is 5.76 Å². The molecule has 2 aromatic rings. The van der Waals surface area contributed by atoms with Gasteiger partial charge in [-0.05, 0) is 68.5 Å². The van der Waals surface area contributed by atoms with Crippen molar-refractivity contribution in [3.05, 3.63) is 64.7 Å². The molecule has 1 saturated heterocycles. The van der Waals surface area contributed by atoms with E-state index >= 15 is 0 Å². The number of unbranched alkanes of at least 4 members (excludes halogenated alkanes) is 2. The van der Waals surface area contributed by atoms with Gasteiger partial charge in [-0.2, -0.15) is 0 Å². The van der Waals surface area contributed by atoms with E-state index in [1.54, 1.807) is 11.0 Å². The summed E-state index contributed by atoms with van der Waals surface area (Å²) in [7, 11) is 0. The Bertz CT molecular complexity index is 1160. The Hall–Kier alpha value is -3.28. The number of nitrogens with zero attached hydrogens (tertiary/aromatic N) is 1. The summed E-state index contributed by atoms with van der Waals surface area (Å²) < 4.78 is 11.7. The number of hydrogen-bond acceptors (Lipinski definition) is 5.